The second kappa shape index (κ2) is 5.71. The van der Waals surface area contributed by atoms with Crippen LogP contribution in [0.1, 0.15) is 0 Å². The van der Waals surface area contributed by atoms with Crippen molar-refractivity contribution in [2.24, 2.45) is 0 Å². The molecule has 5 nitrogen and oxygen atoms in total. The first kappa shape index (κ1) is 13.4. The molecular formula is C13H12BrN3O2. The van der Waals surface area contributed by atoms with Crippen LogP contribution in [0.2, 0.25) is 0 Å². The summed E-state index contributed by atoms with van der Waals surface area (Å²) in [6.07, 6.45) is 1.57. The molecule has 3 N–H and O–H groups in total. The standard InChI is InChI=1S/C13H12BrN3O2/c14-11-2-1-7-17(13(11)19)8-12(18)16-10-5-3-9(15)4-6-10/h1-7H,8,15H2,(H,16,18). The van der Waals surface area contributed by atoms with Crippen molar-refractivity contribution in [2.75, 3.05) is 11.1 Å². The summed E-state index contributed by atoms with van der Waals surface area (Å²) in [5, 5.41) is 2.69. The summed E-state index contributed by atoms with van der Waals surface area (Å²) in [5.74, 6) is -0.273. The number of carbonyl (C=O) groups excluding carboxylic acids is 1. The van der Waals surface area contributed by atoms with Crippen molar-refractivity contribution in [3.05, 3.63) is 57.4 Å². The molecule has 0 atom stereocenters. The molecule has 0 aliphatic heterocycles. The summed E-state index contributed by atoms with van der Waals surface area (Å²) in [6.45, 7) is -0.0390. The van der Waals surface area contributed by atoms with Gasteiger partial charge in [-0.2, -0.15) is 0 Å². The number of benzene rings is 1. The molecule has 19 heavy (non-hydrogen) atoms. The second-order valence-electron chi connectivity index (χ2n) is 3.96. The summed E-state index contributed by atoms with van der Waals surface area (Å²) >= 11 is 3.13. The molecule has 0 aliphatic carbocycles. The van der Waals surface area contributed by atoms with Crippen LogP contribution in [0.25, 0.3) is 0 Å². The van der Waals surface area contributed by atoms with Gasteiger partial charge >= 0.3 is 0 Å². The lowest BCUT2D eigenvalue weighted by molar-refractivity contribution is -0.116. The first-order valence-electron chi connectivity index (χ1n) is 5.56. The predicted molar refractivity (Wildman–Crippen MR) is 77.9 cm³/mol. The topological polar surface area (TPSA) is 77.1 Å². The van der Waals surface area contributed by atoms with Crippen LogP contribution in [-0.2, 0) is 11.3 Å². The van der Waals surface area contributed by atoms with Gasteiger partial charge in [-0.1, -0.05) is 0 Å². The first-order chi connectivity index (χ1) is 9.06. The fourth-order valence-electron chi connectivity index (χ4n) is 1.55. The molecule has 6 heteroatoms. The zero-order valence-corrected chi connectivity index (χ0v) is 11.6. The van der Waals surface area contributed by atoms with Gasteiger partial charge in [0.25, 0.3) is 5.56 Å². The monoisotopic (exact) mass is 321 g/mol. The van der Waals surface area contributed by atoms with Crippen molar-refractivity contribution >= 4 is 33.2 Å². The minimum absolute atomic E-state index is 0.0390. The average Bonchev–Trinajstić information content (AvgIpc) is 2.38. The maximum Gasteiger partial charge on any atom is 0.265 e. The highest BCUT2D eigenvalue weighted by Crippen LogP contribution is 2.10. The Kier molecular flexibility index (Phi) is 4.01. The number of nitrogens with zero attached hydrogens (tertiary/aromatic N) is 1. The van der Waals surface area contributed by atoms with Gasteiger partial charge < -0.3 is 15.6 Å². The summed E-state index contributed by atoms with van der Waals surface area (Å²) in [5.41, 5.74) is 6.58. The molecule has 2 aromatic rings. The highest BCUT2D eigenvalue weighted by atomic mass is 79.9. The smallest absolute Gasteiger partial charge is 0.265 e. The molecule has 0 bridgehead atoms. The number of rotatable bonds is 3. The van der Waals surface area contributed by atoms with E-state index in [-0.39, 0.29) is 18.0 Å². The number of pyridine rings is 1. The van der Waals surface area contributed by atoms with Crippen molar-refractivity contribution in [3.8, 4) is 0 Å². The van der Waals surface area contributed by atoms with Crippen LogP contribution in [0.15, 0.2) is 51.9 Å². The van der Waals surface area contributed by atoms with E-state index >= 15 is 0 Å². The Labute approximate surface area is 118 Å². The van der Waals surface area contributed by atoms with E-state index in [1.165, 1.54) is 4.57 Å². The summed E-state index contributed by atoms with van der Waals surface area (Å²) in [7, 11) is 0. The maximum atomic E-state index is 11.8. The zero-order chi connectivity index (χ0) is 13.8. The quantitative estimate of drug-likeness (QED) is 0.847. The van der Waals surface area contributed by atoms with Crippen LogP contribution >= 0.6 is 15.9 Å². The molecule has 1 amide bonds. The molecule has 1 aromatic heterocycles. The lowest BCUT2D eigenvalue weighted by atomic mass is 10.3. The normalized spacial score (nSPS) is 10.2. The molecule has 0 radical (unpaired) electrons. The van der Waals surface area contributed by atoms with Gasteiger partial charge in [0, 0.05) is 17.6 Å². The van der Waals surface area contributed by atoms with Gasteiger partial charge in [0.05, 0.1) is 4.47 Å². The van der Waals surface area contributed by atoms with Crippen LogP contribution in [0, 0.1) is 0 Å². The molecule has 0 saturated heterocycles. The Hall–Kier alpha value is -2.08. The van der Waals surface area contributed by atoms with Crippen LogP contribution in [0.3, 0.4) is 0 Å². The third-order valence-electron chi connectivity index (χ3n) is 2.48. The number of nitrogen functional groups attached to an aromatic ring is 1. The van der Waals surface area contributed by atoms with E-state index < -0.39 is 0 Å². The molecule has 0 saturated carbocycles. The van der Waals surface area contributed by atoms with Gasteiger partial charge in [-0.15, -0.1) is 0 Å². The van der Waals surface area contributed by atoms with E-state index in [2.05, 4.69) is 21.2 Å². The molecule has 0 unspecified atom stereocenters. The predicted octanol–water partition coefficient (Wildman–Crippen LogP) is 1.83. The first-order valence-corrected chi connectivity index (χ1v) is 6.36. The van der Waals surface area contributed by atoms with Gasteiger partial charge in [0.2, 0.25) is 5.91 Å². The zero-order valence-electron chi connectivity index (χ0n) is 9.97. The lowest BCUT2D eigenvalue weighted by Gasteiger charge is -2.07. The van der Waals surface area contributed by atoms with E-state index in [9.17, 15) is 9.59 Å². The lowest BCUT2D eigenvalue weighted by Crippen LogP contribution is -2.27. The number of aromatic nitrogens is 1. The highest BCUT2D eigenvalue weighted by molar-refractivity contribution is 9.10. The molecular weight excluding hydrogens is 310 g/mol. The fourth-order valence-corrected chi connectivity index (χ4v) is 1.93. The Morgan fingerprint density at radius 1 is 1.26 bits per heavy atom. The Balaban J connectivity index is 2.07. The van der Waals surface area contributed by atoms with Crippen LogP contribution < -0.4 is 16.6 Å². The molecule has 98 valence electrons. The third kappa shape index (κ3) is 3.45. The van der Waals surface area contributed by atoms with Crippen LogP contribution in [-0.4, -0.2) is 10.5 Å². The molecule has 0 spiro atoms. The summed E-state index contributed by atoms with van der Waals surface area (Å²) in [6, 6.07) is 10.1. The Bertz CT molecular complexity index is 650. The van der Waals surface area contributed by atoms with E-state index in [1.54, 1.807) is 42.6 Å². The van der Waals surface area contributed by atoms with Gasteiger partial charge in [-0.3, -0.25) is 9.59 Å². The maximum absolute atomic E-state index is 11.8. The van der Waals surface area contributed by atoms with Crippen molar-refractivity contribution in [3.63, 3.8) is 0 Å². The second-order valence-corrected chi connectivity index (χ2v) is 4.81. The Morgan fingerprint density at radius 2 is 1.95 bits per heavy atom. The Morgan fingerprint density at radius 3 is 2.63 bits per heavy atom. The molecule has 0 aliphatic rings. The van der Waals surface area contributed by atoms with Gasteiger partial charge in [0.15, 0.2) is 0 Å². The van der Waals surface area contributed by atoms with Crippen molar-refractivity contribution < 1.29 is 4.79 Å². The van der Waals surface area contributed by atoms with E-state index in [0.29, 0.717) is 15.8 Å². The number of anilines is 2. The van der Waals surface area contributed by atoms with Crippen molar-refractivity contribution in [1.29, 1.82) is 0 Å². The third-order valence-corrected chi connectivity index (χ3v) is 3.09. The number of amides is 1. The number of nitrogens with one attached hydrogen (secondary N) is 1. The largest absolute Gasteiger partial charge is 0.399 e. The number of nitrogens with two attached hydrogens (primary N) is 1. The minimum atomic E-state index is -0.273. The van der Waals surface area contributed by atoms with E-state index in [1.807, 2.05) is 0 Å². The van der Waals surface area contributed by atoms with E-state index in [0.717, 1.165) is 0 Å². The van der Waals surface area contributed by atoms with Crippen LogP contribution in [0.5, 0.6) is 0 Å². The molecule has 1 heterocycles. The summed E-state index contributed by atoms with van der Waals surface area (Å²) in [4.78, 5) is 23.5. The van der Waals surface area contributed by atoms with Gasteiger partial charge in [0.1, 0.15) is 6.54 Å². The number of carbonyl (C=O) groups is 1. The van der Waals surface area contributed by atoms with Crippen LogP contribution in [0.4, 0.5) is 11.4 Å². The number of hydrogen-bond donors (Lipinski definition) is 2. The minimum Gasteiger partial charge on any atom is -0.399 e. The van der Waals surface area contributed by atoms with Crippen molar-refractivity contribution in [1.82, 2.24) is 4.57 Å². The average molecular weight is 322 g/mol. The number of hydrogen-bond acceptors (Lipinski definition) is 3. The summed E-state index contributed by atoms with van der Waals surface area (Å²) < 4.78 is 1.76. The number of halogens is 1. The molecule has 1 aromatic carbocycles. The van der Waals surface area contributed by atoms with Gasteiger partial charge in [-0.05, 0) is 52.3 Å². The highest BCUT2D eigenvalue weighted by Gasteiger charge is 2.06. The molecule has 2 rings (SSSR count). The molecule has 0 fully saturated rings. The SMILES string of the molecule is Nc1ccc(NC(=O)Cn2cccc(Br)c2=O)cc1. The fraction of sp³-hybridized carbons (Fsp3) is 0.0769. The van der Waals surface area contributed by atoms with Gasteiger partial charge in [-0.25, -0.2) is 0 Å². The van der Waals surface area contributed by atoms with Crippen molar-refractivity contribution in [2.45, 2.75) is 6.54 Å². The van der Waals surface area contributed by atoms with E-state index in [4.69, 9.17) is 5.73 Å².